The Kier molecular flexibility index (Phi) is 3.83. The molecule has 1 N–H and O–H groups in total. The van der Waals surface area contributed by atoms with Crippen LogP contribution in [0, 0.1) is 5.82 Å². The van der Waals surface area contributed by atoms with Gasteiger partial charge in [-0.1, -0.05) is 26.0 Å². The fourth-order valence-corrected chi connectivity index (χ4v) is 1.43. The lowest BCUT2D eigenvalue weighted by molar-refractivity contribution is 0.0951. The van der Waals surface area contributed by atoms with Gasteiger partial charge in [0.05, 0.1) is 5.56 Å². The second-order valence-electron chi connectivity index (χ2n) is 3.72. The molecule has 1 rings (SSSR count). The molecule has 0 aliphatic heterocycles. The molecule has 0 fully saturated rings. The second-order valence-corrected chi connectivity index (χ2v) is 3.72. The summed E-state index contributed by atoms with van der Waals surface area (Å²) < 4.78 is 13.8. The van der Waals surface area contributed by atoms with Crippen molar-refractivity contribution in [1.82, 2.24) is 5.32 Å². The lowest BCUT2D eigenvalue weighted by Gasteiger charge is -2.10. The molecule has 0 saturated heterocycles. The van der Waals surface area contributed by atoms with Gasteiger partial charge in [-0.05, 0) is 24.5 Å². The Morgan fingerprint density at radius 1 is 1.47 bits per heavy atom. The van der Waals surface area contributed by atoms with Crippen molar-refractivity contribution < 1.29 is 9.18 Å². The predicted molar refractivity (Wildman–Crippen MR) is 58.5 cm³/mol. The van der Waals surface area contributed by atoms with Gasteiger partial charge in [-0.15, -0.1) is 0 Å². The van der Waals surface area contributed by atoms with Crippen LogP contribution in [-0.2, 0) is 0 Å². The van der Waals surface area contributed by atoms with E-state index in [-0.39, 0.29) is 17.4 Å². The lowest BCUT2D eigenvalue weighted by atomic mass is 9.99. The van der Waals surface area contributed by atoms with Crippen molar-refractivity contribution >= 4 is 5.91 Å². The summed E-state index contributed by atoms with van der Waals surface area (Å²) in [5.74, 6) is -0.671. The van der Waals surface area contributed by atoms with Crippen LogP contribution < -0.4 is 5.32 Å². The second kappa shape index (κ2) is 4.91. The predicted octanol–water partition coefficient (Wildman–Crippen LogP) is 2.70. The van der Waals surface area contributed by atoms with Crippen LogP contribution in [0.1, 0.15) is 42.6 Å². The maximum Gasteiger partial charge on any atom is 0.254 e. The quantitative estimate of drug-likeness (QED) is 0.814. The van der Waals surface area contributed by atoms with E-state index < -0.39 is 5.82 Å². The molecule has 0 unspecified atom stereocenters. The monoisotopic (exact) mass is 209 g/mol. The van der Waals surface area contributed by atoms with E-state index in [1.54, 1.807) is 12.1 Å². The minimum atomic E-state index is -0.404. The zero-order chi connectivity index (χ0) is 11.4. The fourth-order valence-electron chi connectivity index (χ4n) is 1.43. The number of carbonyl (C=O) groups excluding carboxylic acids is 1. The van der Waals surface area contributed by atoms with Crippen molar-refractivity contribution in [3.63, 3.8) is 0 Å². The van der Waals surface area contributed by atoms with E-state index in [9.17, 15) is 9.18 Å². The average Bonchev–Trinajstić information content (AvgIpc) is 2.17. The van der Waals surface area contributed by atoms with Crippen molar-refractivity contribution in [2.24, 2.45) is 0 Å². The number of amides is 1. The summed E-state index contributed by atoms with van der Waals surface area (Å²) in [6, 6.07) is 4.93. The highest BCUT2D eigenvalue weighted by Crippen LogP contribution is 2.20. The van der Waals surface area contributed by atoms with Crippen LogP contribution in [0.15, 0.2) is 18.2 Å². The minimum absolute atomic E-state index is 0.0828. The van der Waals surface area contributed by atoms with Gasteiger partial charge in [0.2, 0.25) is 0 Å². The Morgan fingerprint density at radius 3 is 2.67 bits per heavy atom. The Labute approximate surface area is 89.5 Å². The third-order valence-electron chi connectivity index (χ3n) is 2.23. The van der Waals surface area contributed by atoms with Gasteiger partial charge in [-0.25, -0.2) is 4.39 Å². The zero-order valence-electron chi connectivity index (χ0n) is 9.30. The molecule has 0 aliphatic rings. The van der Waals surface area contributed by atoms with Crippen LogP contribution in [0.2, 0.25) is 0 Å². The Hall–Kier alpha value is -1.38. The molecule has 0 saturated carbocycles. The first kappa shape index (κ1) is 11.7. The first-order valence-electron chi connectivity index (χ1n) is 5.14. The van der Waals surface area contributed by atoms with Crippen LogP contribution in [0.3, 0.4) is 0 Å². The molecule has 2 nitrogen and oxygen atoms in total. The number of carbonyl (C=O) groups is 1. The maximum atomic E-state index is 13.8. The molecule has 0 bridgehead atoms. The molecular weight excluding hydrogens is 193 g/mol. The summed E-state index contributed by atoms with van der Waals surface area (Å²) in [6.07, 6.45) is 0. The van der Waals surface area contributed by atoms with E-state index >= 15 is 0 Å². The SMILES string of the molecule is CCNC(=O)c1cccc(C(C)C)c1F. The molecule has 0 atom stereocenters. The van der Waals surface area contributed by atoms with Gasteiger partial charge in [-0.2, -0.15) is 0 Å². The van der Waals surface area contributed by atoms with E-state index in [1.165, 1.54) is 6.07 Å². The van der Waals surface area contributed by atoms with Gasteiger partial charge in [0.1, 0.15) is 5.82 Å². The molecule has 1 amide bonds. The first-order chi connectivity index (χ1) is 7.07. The van der Waals surface area contributed by atoms with E-state index in [4.69, 9.17) is 0 Å². The Balaban J connectivity index is 3.09. The highest BCUT2D eigenvalue weighted by molar-refractivity contribution is 5.94. The zero-order valence-corrected chi connectivity index (χ0v) is 9.30. The fraction of sp³-hybridized carbons (Fsp3) is 0.417. The molecule has 1 aromatic carbocycles. The molecule has 0 radical (unpaired) electrons. The van der Waals surface area contributed by atoms with Crippen molar-refractivity contribution in [2.45, 2.75) is 26.7 Å². The summed E-state index contributed by atoms with van der Waals surface area (Å²) >= 11 is 0. The number of hydrogen-bond donors (Lipinski definition) is 1. The van der Waals surface area contributed by atoms with Crippen molar-refractivity contribution in [3.8, 4) is 0 Å². The van der Waals surface area contributed by atoms with Gasteiger partial charge in [0.15, 0.2) is 0 Å². The van der Waals surface area contributed by atoms with Crippen LogP contribution in [0.4, 0.5) is 4.39 Å². The molecule has 3 heteroatoms. The van der Waals surface area contributed by atoms with Crippen molar-refractivity contribution in [2.75, 3.05) is 6.54 Å². The third-order valence-corrected chi connectivity index (χ3v) is 2.23. The number of hydrogen-bond acceptors (Lipinski definition) is 1. The summed E-state index contributed by atoms with van der Waals surface area (Å²) in [5, 5.41) is 2.59. The van der Waals surface area contributed by atoms with Gasteiger partial charge in [0.25, 0.3) is 5.91 Å². The van der Waals surface area contributed by atoms with Crippen molar-refractivity contribution in [1.29, 1.82) is 0 Å². The molecule has 0 aromatic heterocycles. The standard InChI is InChI=1S/C12H16FNO/c1-4-14-12(15)10-7-5-6-9(8(2)3)11(10)13/h5-8H,4H2,1-3H3,(H,14,15). The first-order valence-corrected chi connectivity index (χ1v) is 5.14. The molecule has 0 aliphatic carbocycles. The minimum Gasteiger partial charge on any atom is -0.352 e. The van der Waals surface area contributed by atoms with Crippen LogP contribution in [-0.4, -0.2) is 12.5 Å². The smallest absolute Gasteiger partial charge is 0.254 e. The maximum absolute atomic E-state index is 13.8. The number of nitrogens with one attached hydrogen (secondary N) is 1. The lowest BCUT2D eigenvalue weighted by Crippen LogP contribution is -2.24. The van der Waals surface area contributed by atoms with E-state index in [0.717, 1.165) is 0 Å². The average molecular weight is 209 g/mol. The van der Waals surface area contributed by atoms with Crippen molar-refractivity contribution in [3.05, 3.63) is 35.1 Å². The largest absolute Gasteiger partial charge is 0.352 e. The van der Waals surface area contributed by atoms with Gasteiger partial charge in [-0.3, -0.25) is 4.79 Å². The van der Waals surface area contributed by atoms with E-state index in [0.29, 0.717) is 12.1 Å². The van der Waals surface area contributed by atoms with E-state index in [2.05, 4.69) is 5.32 Å². The molecule has 1 aromatic rings. The number of benzene rings is 1. The molecule has 15 heavy (non-hydrogen) atoms. The summed E-state index contributed by atoms with van der Waals surface area (Å²) in [7, 11) is 0. The molecular formula is C12H16FNO. The van der Waals surface area contributed by atoms with Crippen LogP contribution in [0.25, 0.3) is 0 Å². The number of halogens is 1. The van der Waals surface area contributed by atoms with Crippen LogP contribution in [0.5, 0.6) is 0 Å². The molecule has 0 heterocycles. The van der Waals surface area contributed by atoms with E-state index in [1.807, 2.05) is 20.8 Å². The normalized spacial score (nSPS) is 10.5. The van der Waals surface area contributed by atoms with Crippen LogP contribution >= 0.6 is 0 Å². The topological polar surface area (TPSA) is 29.1 Å². The summed E-state index contributed by atoms with van der Waals surface area (Å²) in [5.41, 5.74) is 0.710. The summed E-state index contributed by atoms with van der Waals surface area (Å²) in [6.45, 7) is 6.12. The molecule has 0 spiro atoms. The Morgan fingerprint density at radius 2 is 2.13 bits per heavy atom. The Bertz CT molecular complexity index is 361. The number of rotatable bonds is 3. The highest BCUT2D eigenvalue weighted by atomic mass is 19.1. The third kappa shape index (κ3) is 2.55. The molecule has 82 valence electrons. The highest BCUT2D eigenvalue weighted by Gasteiger charge is 2.15. The van der Waals surface area contributed by atoms with Gasteiger partial charge >= 0.3 is 0 Å². The van der Waals surface area contributed by atoms with Gasteiger partial charge < -0.3 is 5.32 Å². The van der Waals surface area contributed by atoms with Gasteiger partial charge in [0, 0.05) is 6.54 Å². The summed E-state index contributed by atoms with van der Waals surface area (Å²) in [4.78, 5) is 11.5.